The zero-order valence-corrected chi connectivity index (χ0v) is 10.7. The normalized spacial score (nSPS) is 30.7. The van der Waals surface area contributed by atoms with Crippen molar-refractivity contribution in [3.05, 3.63) is 0 Å². The van der Waals surface area contributed by atoms with Crippen molar-refractivity contribution in [1.29, 1.82) is 0 Å². The summed E-state index contributed by atoms with van der Waals surface area (Å²) in [7, 11) is -2.09. The fraction of sp³-hybridized carbons (Fsp3) is 1.00. The van der Waals surface area contributed by atoms with Crippen molar-refractivity contribution < 1.29 is 13.0 Å². The standard InChI is InChI=1S/C4H9FOSi.C4H10OSi/c5-7-4-2-1-3-6-7;1-2-4-6-5-3-1/h7H,1-4H2;1-4,6H2. The van der Waals surface area contributed by atoms with Crippen molar-refractivity contribution in [1.82, 2.24) is 0 Å². The molecule has 0 aromatic rings. The lowest BCUT2D eigenvalue weighted by molar-refractivity contribution is 0.259. The summed E-state index contributed by atoms with van der Waals surface area (Å²) in [4.78, 5) is 0. The second-order valence-electron chi connectivity index (χ2n) is 3.45. The van der Waals surface area contributed by atoms with Gasteiger partial charge in [0.2, 0.25) is 0 Å². The third kappa shape index (κ3) is 6.37. The molecule has 2 aliphatic heterocycles. The lowest BCUT2D eigenvalue weighted by atomic mass is 10.4. The Hall–Kier alpha value is 0.284. The van der Waals surface area contributed by atoms with Gasteiger partial charge in [-0.15, -0.1) is 0 Å². The Morgan fingerprint density at radius 1 is 1.08 bits per heavy atom. The van der Waals surface area contributed by atoms with E-state index in [0.717, 1.165) is 25.5 Å². The molecule has 78 valence electrons. The van der Waals surface area contributed by atoms with E-state index in [1.165, 1.54) is 18.9 Å². The Kier molecular flexibility index (Phi) is 6.70. The molecule has 0 amide bonds. The van der Waals surface area contributed by atoms with E-state index >= 15 is 0 Å². The molecule has 1 atom stereocenters. The predicted molar refractivity (Wildman–Crippen MR) is 56.8 cm³/mol. The number of rotatable bonds is 0. The molecule has 0 aromatic heterocycles. The van der Waals surface area contributed by atoms with Gasteiger partial charge >= 0.3 is 9.37 Å². The summed E-state index contributed by atoms with van der Waals surface area (Å²) in [6.45, 7) is 1.74. The Morgan fingerprint density at radius 3 is 2.15 bits per heavy atom. The molecule has 2 fully saturated rings. The van der Waals surface area contributed by atoms with Crippen LogP contribution in [0, 0.1) is 0 Å². The van der Waals surface area contributed by atoms with E-state index in [0.29, 0.717) is 6.61 Å². The number of hydrogen-bond acceptors (Lipinski definition) is 2. The van der Waals surface area contributed by atoms with Crippen molar-refractivity contribution in [3.8, 4) is 0 Å². The molecule has 0 N–H and O–H groups in total. The molecular formula is C8H19FO2Si2. The van der Waals surface area contributed by atoms with E-state index in [1.807, 2.05) is 0 Å². The van der Waals surface area contributed by atoms with Gasteiger partial charge in [-0.1, -0.05) is 6.42 Å². The molecule has 2 rings (SSSR count). The van der Waals surface area contributed by atoms with Crippen molar-refractivity contribution in [2.75, 3.05) is 13.2 Å². The van der Waals surface area contributed by atoms with Gasteiger partial charge in [0.1, 0.15) is 0 Å². The van der Waals surface area contributed by atoms with Crippen LogP contribution in [0.15, 0.2) is 0 Å². The summed E-state index contributed by atoms with van der Waals surface area (Å²) in [6.07, 6.45) is 4.86. The van der Waals surface area contributed by atoms with Gasteiger partial charge in [0, 0.05) is 13.2 Å². The van der Waals surface area contributed by atoms with Crippen molar-refractivity contribution >= 4 is 19.1 Å². The fourth-order valence-corrected chi connectivity index (χ4v) is 3.76. The van der Waals surface area contributed by atoms with Gasteiger partial charge in [0.15, 0.2) is 9.76 Å². The third-order valence-electron chi connectivity index (χ3n) is 2.20. The molecule has 13 heavy (non-hydrogen) atoms. The Balaban J connectivity index is 0.000000132. The minimum atomic E-state index is -2.09. The fourth-order valence-electron chi connectivity index (χ4n) is 1.39. The first kappa shape index (κ1) is 11.4. The predicted octanol–water partition coefficient (Wildman–Crippen LogP) is 1.29. The van der Waals surface area contributed by atoms with E-state index < -0.39 is 9.37 Å². The third-order valence-corrected chi connectivity index (χ3v) is 5.03. The first-order chi connectivity index (χ1) is 6.39. The highest BCUT2D eigenvalue weighted by Crippen LogP contribution is 2.10. The second kappa shape index (κ2) is 7.67. The van der Waals surface area contributed by atoms with Gasteiger partial charge in [0.05, 0.1) is 0 Å². The van der Waals surface area contributed by atoms with E-state index in [-0.39, 0.29) is 9.76 Å². The maximum atomic E-state index is 12.1. The summed E-state index contributed by atoms with van der Waals surface area (Å²) >= 11 is 0. The molecule has 5 heteroatoms. The molecule has 1 unspecified atom stereocenters. The average molecular weight is 222 g/mol. The molecule has 2 heterocycles. The van der Waals surface area contributed by atoms with Gasteiger partial charge in [-0.25, -0.2) is 0 Å². The van der Waals surface area contributed by atoms with Gasteiger partial charge in [-0.2, -0.15) is 0 Å². The quantitative estimate of drug-likeness (QED) is 0.454. The van der Waals surface area contributed by atoms with Gasteiger partial charge in [-0.05, 0) is 31.4 Å². The highest BCUT2D eigenvalue weighted by atomic mass is 28.3. The van der Waals surface area contributed by atoms with Crippen LogP contribution in [0.25, 0.3) is 0 Å². The van der Waals surface area contributed by atoms with Gasteiger partial charge in [-0.3, -0.25) is 4.11 Å². The molecule has 2 nitrogen and oxygen atoms in total. The molecule has 0 aromatic carbocycles. The van der Waals surface area contributed by atoms with Crippen LogP contribution >= 0.6 is 0 Å². The van der Waals surface area contributed by atoms with E-state index in [1.54, 1.807) is 0 Å². The van der Waals surface area contributed by atoms with Gasteiger partial charge < -0.3 is 8.85 Å². The summed E-state index contributed by atoms with van der Waals surface area (Å²) in [5.74, 6) is 0. The Bertz CT molecular complexity index is 105. The first-order valence-electron chi connectivity index (χ1n) is 5.23. The average Bonchev–Trinajstić information content (AvgIpc) is 2.22. The topological polar surface area (TPSA) is 18.5 Å². The highest BCUT2D eigenvalue weighted by molar-refractivity contribution is 6.43. The first-order valence-corrected chi connectivity index (χ1v) is 8.53. The Morgan fingerprint density at radius 2 is 1.92 bits per heavy atom. The lowest BCUT2D eigenvalue weighted by Gasteiger charge is -2.12. The van der Waals surface area contributed by atoms with E-state index in [2.05, 4.69) is 0 Å². The van der Waals surface area contributed by atoms with Crippen LogP contribution in [-0.2, 0) is 8.85 Å². The van der Waals surface area contributed by atoms with Crippen molar-refractivity contribution in [2.45, 2.75) is 37.8 Å². The monoisotopic (exact) mass is 222 g/mol. The van der Waals surface area contributed by atoms with Crippen LogP contribution in [0.4, 0.5) is 4.11 Å². The summed E-state index contributed by atoms with van der Waals surface area (Å²) in [6, 6.07) is 2.15. The molecule has 0 bridgehead atoms. The number of hydrogen-bond donors (Lipinski definition) is 0. The van der Waals surface area contributed by atoms with Crippen molar-refractivity contribution in [2.24, 2.45) is 0 Å². The summed E-state index contributed by atoms with van der Waals surface area (Å²) in [5.41, 5.74) is 0. The van der Waals surface area contributed by atoms with Crippen LogP contribution in [0.3, 0.4) is 0 Å². The molecule has 0 saturated carbocycles. The van der Waals surface area contributed by atoms with Crippen LogP contribution in [-0.4, -0.2) is 32.4 Å². The molecule has 0 radical (unpaired) electrons. The minimum Gasteiger partial charge on any atom is -0.424 e. The van der Waals surface area contributed by atoms with Crippen LogP contribution in [0.1, 0.15) is 25.7 Å². The summed E-state index contributed by atoms with van der Waals surface area (Å²) < 4.78 is 22.1. The van der Waals surface area contributed by atoms with Crippen molar-refractivity contribution in [3.63, 3.8) is 0 Å². The largest absolute Gasteiger partial charge is 0.424 e. The zero-order chi connectivity index (χ0) is 9.36. The Labute approximate surface area is 83.7 Å². The smallest absolute Gasteiger partial charge is 0.368 e. The summed E-state index contributed by atoms with van der Waals surface area (Å²) in [5, 5.41) is 0. The van der Waals surface area contributed by atoms with E-state index in [9.17, 15) is 4.11 Å². The maximum Gasteiger partial charge on any atom is 0.368 e. The maximum absolute atomic E-state index is 12.1. The van der Waals surface area contributed by atoms with E-state index in [4.69, 9.17) is 8.85 Å². The zero-order valence-electron chi connectivity index (χ0n) is 8.14. The molecule has 2 saturated heterocycles. The van der Waals surface area contributed by atoms with Crippen LogP contribution < -0.4 is 0 Å². The molecule has 0 aliphatic carbocycles. The highest BCUT2D eigenvalue weighted by Gasteiger charge is 2.13. The molecule has 0 spiro atoms. The molecule has 2 aliphatic rings. The van der Waals surface area contributed by atoms with Gasteiger partial charge in [0.25, 0.3) is 0 Å². The SMILES string of the molecule is C1CC[SiH2]OC1.F[SiH]1CCCCO1. The lowest BCUT2D eigenvalue weighted by Crippen LogP contribution is -2.17. The molecular weight excluding hydrogens is 203 g/mol. The van der Waals surface area contributed by atoms with Crippen LogP contribution in [0.2, 0.25) is 12.1 Å². The number of halogens is 1. The van der Waals surface area contributed by atoms with Crippen LogP contribution in [0.5, 0.6) is 0 Å². The minimum absolute atomic E-state index is 0.00849. The second-order valence-corrected chi connectivity index (χ2v) is 6.70.